The van der Waals surface area contributed by atoms with Crippen LogP contribution in [-0.2, 0) is 55.0 Å². The van der Waals surface area contributed by atoms with Crippen LogP contribution in [0.4, 0.5) is 0 Å². The molecule has 0 aliphatic carbocycles. The molecule has 0 fully saturated rings. The summed E-state index contributed by atoms with van der Waals surface area (Å²) in [5.74, 6) is 0. The predicted octanol–water partition coefficient (Wildman–Crippen LogP) is -7.50. The first-order valence-electron chi connectivity index (χ1n) is 1.39. The van der Waals surface area contributed by atoms with Crippen molar-refractivity contribution in [2.24, 2.45) is 0 Å². The number of hydrogen-bond acceptors (Lipinski definition) is 9. The van der Waals surface area contributed by atoms with Gasteiger partial charge in [0.15, 0.2) is 0 Å². The van der Waals surface area contributed by atoms with Gasteiger partial charge in [-0.1, -0.05) is 0 Å². The Bertz CT molecular complexity index is 116. The fourth-order valence-corrected chi connectivity index (χ4v) is 0. The van der Waals surface area contributed by atoms with E-state index in [1.165, 1.54) is 0 Å². The van der Waals surface area contributed by atoms with Crippen LogP contribution in [0.25, 0.3) is 0 Å². The van der Waals surface area contributed by atoms with Crippen molar-refractivity contribution in [2.75, 3.05) is 0 Å². The Labute approximate surface area is 160 Å². The third-order valence-corrected chi connectivity index (χ3v) is 0. The van der Waals surface area contributed by atoms with E-state index >= 15 is 0 Å². The zero-order valence-corrected chi connectivity index (χ0v) is 15.6. The quantitative estimate of drug-likeness (QED) is 0.247. The molecule has 0 unspecified atom stereocenters. The van der Waals surface area contributed by atoms with Crippen LogP contribution in [0.3, 0.4) is 0 Å². The Kier molecular flexibility index (Phi) is 55.2. The Hall–Kier alpha value is 3.47. The molecule has 0 aliphatic heterocycles. The van der Waals surface area contributed by atoms with Crippen molar-refractivity contribution in [3.8, 4) is 0 Å². The Morgan fingerprint density at radius 1 is 0.500 bits per heavy atom. The molecule has 0 amide bonds. The molecule has 0 N–H and O–H groups in total. The minimum absolute atomic E-state index is 0. The molecule has 83 valence electrons. The topological polar surface area (TPSA) is 190 Å². The van der Waals surface area contributed by atoms with Crippen LogP contribution >= 0.6 is 0 Å². The van der Waals surface area contributed by atoms with Crippen molar-refractivity contribution in [2.45, 2.75) is 0 Å². The molecule has 0 aromatic carbocycles. The molecule has 0 aliphatic rings. The van der Waals surface area contributed by atoms with Gasteiger partial charge in [0.25, 0.3) is 0 Å². The molecule has 14 heteroatoms. The van der Waals surface area contributed by atoms with Crippen LogP contribution < -0.4 is 25.1 Å². The summed E-state index contributed by atoms with van der Waals surface area (Å²) in [6, 6.07) is 0. The van der Waals surface area contributed by atoms with E-state index in [0.717, 1.165) is 0 Å². The Morgan fingerprint density at radius 3 is 0.500 bits per heavy atom. The molecular weight excluding hydrogens is 589 g/mol. The summed E-state index contributed by atoms with van der Waals surface area (Å²) in [5, 5.41) is 0. The fraction of sp³-hybridized carbons (Fsp3) is 0. The van der Waals surface area contributed by atoms with Crippen LogP contribution in [-0.4, -0.2) is 0 Å². The van der Waals surface area contributed by atoms with Crippen LogP contribution in [0.2, 0.25) is 0 Å². The molecule has 0 saturated heterocycles. The van der Waals surface area contributed by atoms with E-state index in [0.29, 0.717) is 0 Å². The van der Waals surface area contributed by atoms with E-state index in [9.17, 15) is 0 Å². The van der Waals surface area contributed by atoms with E-state index in [1.54, 1.807) is 0 Å². The molecule has 9 nitrogen and oxygen atoms in total. The Morgan fingerprint density at radius 2 is 0.500 bits per heavy atom. The minimum atomic E-state index is -3.65. The van der Waals surface area contributed by atoms with Gasteiger partial charge < -0.3 is 0 Å². The summed E-state index contributed by atoms with van der Waals surface area (Å²) in [7, 11) is 0. The van der Waals surface area contributed by atoms with Gasteiger partial charge >= 0.3 is 164 Å². The van der Waals surface area contributed by atoms with Gasteiger partial charge in [-0.3, -0.25) is 0 Å². The molecular formula is Ce2Mn3O9. The first-order chi connectivity index (χ1) is 5.20. The van der Waals surface area contributed by atoms with Crippen LogP contribution in [0.1, 0.15) is 0 Å². The second-order valence-corrected chi connectivity index (χ2v) is 2.34. The van der Waals surface area contributed by atoms with Crippen molar-refractivity contribution < 1.29 is 164 Å². The second kappa shape index (κ2) is 25.3. The van der Waals surface area contributed by atoms with Gasteiger partial charge in [0.2, 0.25) is 0 Å². The van der Waals surface area contributed by atoms with Gasteiger partial charge in [-0.15, -0.1) is 0 Å². The normalized spacial score (nSPS) is 7.50. The summed E-state index contributed by atoms with van der Waals surface area (Å²) in [6.45, 7) is 0. The van der Waals surface area contributed by atoms with Crippen molar-refractivity contribution in [1.29, 1.82) is 0 Å². The van der Waals surface area contributed by atoms with Crippen LogP contribution in [0.5, 0.6) is 0 Å². The molecule has 0 rings (SSSR count). The van der Waals surface area contributed by atoms with Crippen LogP contribution in [0, 0.1) is 83.5 Å². The molecule has 14 heavy (non-hydrogen) atoms. The number of rotatable bonds is 0. The second-order valence-electron chi connectivity index (χ2n) is 0.567. The third-order valence-electron chi connectivity index (χ3n) is 0. The summed E-state index contributed by atoms with van der Waals surface area (Å²) >= 11 is -10.9. The van der Waals surface area contributed by atoms with E-state index in [-0.39, 0.29) is 83.5 Å². The summed E-state index contributed by atoms with van der Waals surface area (Å²) in [4.78, 5) is 0. The molecule has 0 bridgehead atoms. The summed E-state index contributed by atoms with van der Waals surface area (Å²) < 4.78 is 76.7. The van der Waals surface area contributed by atoms with Gasteiger partial charge in [0.1, 0.15) is 0 Å². The van der Waals surface area contributed by atoms with Crippen molar-refractivity contribution in [3.63, 3.8) is 0 Å². The first kappa shape index (κ1) is 30.5. The summed E-state index contributed by atoms with van der Waals surface area (Å²) in [5.41, 5.74) is 0. The average Bonchev–Trinajstić information content (AvgIpc) is 1.54. The van der Waals surface area contributed by atoms with E-state index in [1.807, 2.05) is 0 Å². The fourth-order valence-electron chi connectivity index (χ4n) is 0. The van der Waals surface area contributed by atoms with Crippen molar-refractivity contribution in [3.05, 3.63) is 0 Å². The standard InChI is InChI=1S/2Ce.3Mn.9O/q2*+3;;;;;;;6*-1. The van der Waals surface area contributed by atoms with E-state index in [4.69, 9.17) is 36.6 Å². The molecule has 0 heterocycles. The molecule has 0 atom stereocenters. The van der Waals surface area contributed by atoms with E-state index in [2.05, 4.69) is 0 Å². The number of hydrogen-bond donors (Lipinski definition) is 0. The van der Waals surface area contributed by atoms with Gasteiger partial charge in [0.05, 0.1) is 0 Å². The molecule has 0 spiro atoms. The maximum absolute atomic E-state index is 8.52. The predicted molar refractivity (Wildman–Crippen MR) is 2.06 cm³/mol. The maximum atomic E-state index is 8.52. The monoisotopic (exact) mass is 589 g/mol. The first-order valence-corrected chi connectivity index (χ1v) is 5.73. The van der Waals surface area contributed by atoms with Gasteiger partial charge in [-0.2, -0.15) is 0 Å². The van der Waals surface area contributed by atoms with Crippen molar-refractivity contribution in [1.82, 2.24) is 0 Å². The molecule has 0 aromatic heterocycles. The third kappa shape index (κ3) is 269. The van der Waals surface area contributed by atoms with E-state index < -0.39 is 43.5 Å². The van der Waals surface area contributed by atoms with Crippen LogP contribution in [0.15, 0.2) is 0 Å². The molecule has 0 aromatic rings. The zero-order chi connectivity index (χ0) is 10.7. The molecule has 2 radical (unpaired) electrons. The van der Waals surface area contributed by atoms with Gasteiger partial charge in [-0.05, 0) is 0 Å². The molecule has 0 saturated carbocycles. The van der Waals surface area contributed by atoms with Gasteiger partial charge in [-0.25, -0.2) is 0 Å². The summed E-state index contributed by atoms with van der Waals surface area (Å²) in [6.07, 6.45) is 0. The average molecular weight is 589 g/mol. The Balaban J connectivity index is -0.0000000270. The van der Waals surface area contributed by atoms with Crippen molar-refractivity contribution >= 4 is 0 Å². The zero-order valence-electron chi connectivity index (χ0n) is 5.81. The van der Waals surface area contributed by atoms with Gasteiger partial charge in [0, 0.05) is 0 Å². The SMILES string of the molecule is [Ce+3].[Ce+3].[O]=[Mn]([O-])[O-].[O]=[Mn]([O-])[O-].[O]=[Mn]([O-])[O-].